The van der Waals surface area contributed by atoms with E-state index in [9.17, 15) is 9.59 Å². The monoisotopic (exact) mass is 516 g/mol. The average Bonchev–Trinajstić information content (AvgIpc) is 3.17. The molecule has 0 bridgehead atoms. The molecule has 0 spiro atoms. The molecule has 1 amide bonds. The van der Waals surface area contributed by atoms with Gasteiger partial charge in [-0.25, -0.2) is 9.79 Å². The Hall–Kier alpha value is -4.04. The number of likely N-dealkylation sites (N-methyl/N-ethyl adjacent to an activating group) is 1. The zero-order valence-corrected chi connectivity index (χ0v) is 21.8. The third kappa shape index (κ3) is 6.59. The molecule has 0 saturated carbocycles. The van der Waals surface area contributed by atoms with Crippen LogP contribution in [0.3, 0.4) is 0 Å². The van der Waals surface area contributed by atoms with Crippen molar-refractivity contribution < 1.29 is 23.8 Å². The fourth-order valence-corrected chi connectivity index (χ4v) is 4.52. The second-order valence-electron chi connectivity index (χ2n) is 8.05. The minimum Gasteiger partial charge on any atom is -0.490 e. The molecule has 8 heteroatoms. The molecule has 1 aliphatic heterocycles. The number of carbonyl (C=O) groups excluding carboxylic acids is 2. The van der Waals surface area contributed by atoms with E-state index in [0.29, 0.717) is 52.6 Å². The van der Waals surface area contributed by atoms with Gasteiger partial charge in [-0.3, -0.25) is 9.69 Å². The number of thioether (sulfide) groups is 1. The summed E-state index contributed by atoms with van der Waals surface area (Å²) < 4.78 is 16.8. The zero-order chi connectivity index (χ0) is 26.2. The van der Waals surface area contributed by atoms with Gasteiger partial charge in [-0.05, 0) is 79.2 Å². The number of carbonyl (C=O) groups is 2. The first-order valence-electron chi connectivity index (χ1n) is 12.0. The van der Waals surface area contributed by atoms with Gasteiger partial charge in [0.25, 0.3) is 5.91 Å². The number of amidine groups is 1. The van der Waals surface area contributed by atoms with Crippen LogP contribution in [-0.4, -0.2) is 42.2 Å². The summed E-state index contributed by atoms with van der Waals surface area (Å²) in [6, 6.07) is 22.3. The standard InChI is InChI=1S/C29H28N2O5S/c1-4-34-25-17-21(11-16-24(25)36-19-20-9-7-6-8-10-20)18-26-27(32)31(3)29(37-26)30-23-14-12-22(13-15-23)28(33)35-5-2/h6-18H,4-5,19H2,1-3H3/b26-18+,30-29?. The van der Waals surface area contributed by atoms with Crippen LogP contribution in [-0.2, 0) is 16.1 Å². The van der Waals surface area contributed by atoms with Gasteiger partial charge in [0, 0.05) is 7.05 Å². The molecule has 1 saturated heterocycles. The minimum atomic E-state index is -0.377. The van der Waals surface area contributed by atoms with Gasteiger partial charge in [0.1, 0.15) is 6.61 Å². The molecule has 37 heavy (non-hydrogen) atoms. The quantitative estimate of drug-likeness (QED) is 0.254. The van der Waals surface area contributed by atoms with Crippen LogP contribution in [0.1, 0.15) is 35.3 Å². The van der Waals surface area contributed by atoms with Crippen LogP contribution < -0.4 is 9.47 Å². The molecular weight excluding hydrogens is 488 g/mol. The molecule has 4 rings (SSSR count). The first-order chi connectivity index (χ1) is 18.0. The largest absolute Gasteiger partial charge is 0.490 e. The number of hydrogen-bond donors (Lipinski definition) is 0. The average molecular weight is 517 g/mol. The Morgan fingerprint density at radius 2 is 1.70 bits per heavy atom. The molecule has 1 heterocycles. The molecule has 0 N–H and O–H groups in total. The lowest BCUT2D eigenvalue weighted by atomic mass is 10.1. The van der Waals surface area contributed by atoms with E-state index in [4.69, 9.17) is 14.2 Å². The third-order valence-electron chi connectivity index (χ3n) is 5.41. The predicted octanol–water partition coefficient (Wildman–Crippen LogP) is 6.07. The molecule has 0 unspecified atom stereocenters. The second-order valence-corrected chi connectivity index (χ2v) is 9.06. The maximum atomic E-state index is 12.9. The summed E-state index contributed by atoms with van der Waals surface area (Å²) in [5.41, 5.74) is 2.97. The van der Waals surface area contributed by atoms with Gasteiger partial charge in [-0.15, -0.1) is 0 Å². The fraction of sp³-hybridized carbons (Fsp3) is 0.207. The highest BCUT2D eigenvalue weighted by molar-refractivity contribution is 8.18. The summed E-state index contributed by atoms with van der Waals surface area (Å²) in [5, 5.41) is 0.549. The lowest BCUT2D eigenvalue weighted by Gasteiger charge is -2.13. The van der Waals surface area contributed by atoms with Crippen molar-refractivity contribution in [3.8, 4) is 11.5 Å². The number of amides is 1. The van der Waals surface area contributed by atoms with Crippen molar-refractivity contribution in [3.63, 3.8) is 0 Å². The summed E-state index contributed by atoms with van der Waals surface area (Å²) in [6.07, 6.45) is 1.82. The molecular formula is C29H28N2O5S. The molecule has 0 atom stereocenters. The highest BCUT2D eigenvalue weighted by atomic mass is 32.2. The van der Waals surface area contributed by atoms with Crippen LogP contribution >= 0.6 is 11.8 Å². The highest BCUT2D eigenvalue weighted by Crippen LogP contribution is 2.35. The van der Waals surface area contributed by atoms with Crippen LogP contribution in [0.2, 0.25) is 0 Å². The van der Waals surface area contributed by atoms with E-state index < -0.39 is 0 Å². The molecule has 1 aliphatic rings. The van der Waals surface area contributed by atoms with Crippen molar-refractivity contribution in [3.05, 3.63) is 94.4 Å². The van der Waals surface area contributed by atoms with Crippen molar-refractivity contribution in [2.24, 2.45) is 4.99 Å². The lowest BCUT2D eigenvalue weighted by Crippen LogP contribution is -2.23. The van der Waals surface area contributed by atoms with E-state index in [1.54, 1.807) is 38.2 Å². The zero-order valence-electron chi connectivity index (χ0n) is 21.0. The Kier molecular flexibility index (Phi) is 8.64. The van der Waals surface area contributed by atoms with Gasteiger partial charge in [0.2, 0.25) is 0 Å². The summed E-state index contributed by atoms with van der Waals surface area (Å²) >= 11 is 1.29. The van der Waals surface area contributed by atoms with E-state index in [1.807, 2.05) is 61.5 Å². The van der Waals surface area contributed by atoms with Crippen molar-refractivity contribution in [2.45, 2.75) is 20.5 Å². The summed E-state index contributed by atoms with van der Waals surface area (Å²) in [6.45, 7) is 4.92. The molecule has 0 aliphatic carbocycles. The number of benzene rings is 3. The number of ether oxygens (including phenoxy) is 3. The Morgan fingerprint density at radius 1 is 0.946 bits per heavy atom. The molecule has 7 nitrogen and oxygen atoms in total. The maximum absolute atomic E-state index is 12.9. The maximum Gasteiger partial charge on any atom is 0.338 e. The van der Waals surface area contributed by atoms with Gasteiger partial charge >= 0.3 is 5.97 Å². The van der Waals surface area contributed by atoms with Gasteiger partial charge in [-0.1, -0.05) is 36.4 Å². The van der Waals surface area contributed by atoms with Crippen LogP contribution in [0.15, 0.2) is 82.7 Å². The summed E-state index contributed by atoms with van der Waals surface area (Å²) in [4.78, 5) is 31.4. The van der Waals surface area contributed by atoms with Gasteiger partial charge in [0.15, 0.2) is 16.7 Å². The highest BCUT2D eigenvalue weighted by Gasteiger charge is 2.30. The number of esters is 1. The predicted molar refractivity (Wildman–Crippen MR) is 146 cm³/mol. The van der Waals surface area contributed by atoms with E-state index >= 15 is 0 Å². The fourth-order valence-electron chi connectivity index (χ4n) is 3.54. The van der Waals surface area contributed by atoms with Crippen molar-refractivity contribution in [2.75, 3.05) is 20.3 Å². The van der Waals surface area contributed by atoms with Gasteiger partial charge in [0.05, 0.1) is 29.4 Å². The molecule has 0 radical (unpaired) electrons. The van der Waals surface area contributed by atoms with E-state index in [1.165, 1.54) is 16.7 Å². The number of rotatable bonds is 9. The molecule has 3 aromatic carbocycles. The van der Waals surface area contributed by atoms with E-state index in [0.717, 1.165) is 11.1 Å². The number of nitrogens with zero attached hydrogens (tertiary/aromatic N) is 2. The number of aliphatic imine (C=N–C) groups is 1. The van der Waals surface area contributed by atoms with Crippen LogP contribution in [0.5, 0.6) is 11.5 Å². The SMILES string of the molecule is CCOC(=O)c1ccc(N=C2S/C(=C/c3ccc(OCc4ccccc4)c(OCC)c3)C(=O)N2C)cc1. The normalized spacial score (nSPS) is 15.3. The lowest BCUT2D eigenvalue weighted by molar-refractivity contribution is -0.121. The topological polar surface area (TPSA) is 77.4 Å². The van der Waals surface area contributed by atoms with Crippen LogP contribution in [0.4, 0.5) is 5.69 Å². The Balaban J connectivity index is 1.50. The Bertz CT molecular complexity index is 1320. The first-order valence-corrected chi connectivity index (χ1v) is 12.8. The van der Waals surface area contributed by atoms with Gasteiger partial charge < -0.3 is 14.2 Å². The minimum absolute atomic E-state index is 0.144. The molecule has 190 valence electrons. The molecule has 0 aromatic heterocycles. The Labute approximate surface area is 220 Å². The summed E-state index contributed by atoms with van der Waals surface area (Å²) in [7, 11) is 1.69. The van der Waals surface area contributed by atoms with Gasteiger partial charge in [-0.2, -0.15) is 0 Å². The van der Waals surface area contributed by atoms with Crippen molar-refractivity contribution in [1.82, 2.24) is 4.90 Å². The van der Waals surface area contributed by atoms with Crippen LogP contribution in [0, 0.1) is 0 Å². The third-order valence-corrected chi connectivity index (χ3v) is 6.47. The number of hydrogen-bond acceptors (Lipinski definition) is 7. The molecule has 3 aromatic rings. The summed E-state index contributed by atoms with van der Waals surface area (Å²) in [5.74, 6) is 0.739. The van der Waals surface area contributed by atoms with E-state index in [2.05, 4.69) is 4.99 Å². The Morgan fingerprint density at radius 3 is 2.41 bits per heavy atom. The van der Waals surface area contributed by atoms with Crippen LogP contribution in [0.25, 0.3) is 6.08 Å². The van der Waals surface area contributed by atoms with Crippen molar-refractivity contribution in [1.29, 1.82) is 0 Å². The second kappa shape index (κ2) is 12.3. The first kappa shape index (κ1) is 26.0. The van der Waals surface area contributed by atoms with E-state index in [-0.39, 0.29) is 11.9 Å². The van der Waals surface area contributed by atoms with Crippen molar-refractivity contribution >= 4 is 40.6 Å². The molecule has 1 fully saturated rings. The smallest absolute Gasteiger partial charge is 0.338 e.